The molecule has 3 atom stereocenters. The number of imidazole rings is 1. The first-order valence-electron chi connectivity index (χ1n) is 15.2. The molecule has 5 rings (SSSR count). The van der Waals surface area contributed by atoms with Gasteiger partial charge in [0.05, 0.1) is 11.2 Å². The Labute approximate surface area is 289 Å². The van der Waals surface area contributed by atoms with Gasteiger partial charge in [-0.3, -0.25) is 19.6 Å². The van der Waals surface area contributed by atoms with E-state index in [1.54, 1.807) is 17.7 Å². The number of carbonyl (C=O) groups is 3. The predicted octanol–water partition coefficient (Wildman–Crippen LogP) is 0.158. The van der Waals surface area contributed by atoms with Gasteiger partial charge < -0.3 is 40.6 Å². The molecule has 2 aromatic heterocycles. The van der Waals surface area contributed by atoms with E-state index in [0.29, 0.717) is 42.4 Å². The van der Waals surface area contributed by atoms with Crippen LogP contribution in [-0.4, -0.2) is 90.6 Å². The number of hydrogen-bond acceptors (Lipinski definition) is 14. The molecule has 0 radical (unpaired) electrons. The molecule has 2 aliphatic heterocycles. The van der Waals surface area contributed by atoms with Crippen LogP contribution in [0.2, 0.25) is 0 Å². The Kier molecular flexibility index (Phi) is 9.82. The summed E-state index contributed by atoms with van der Waals surface area (Å²) in [6, 6.07) is 4.12. The van der Waals surface area contributed by atoms with E-state index in [-0.39, 0.29) is 17.2 Å². The molecule has 0 saturated carbocycles. The van der Waals surface area contributed by atoms with E-state index in [1.807, 2.05) is 22.9 Å². The SMILES string of the molecule is Cn1cc(-c2ccc3c(c2)CC[C@@H](C(C)(O/N=C(\C(=O)NC2C(=O)N(OS(=O)(=O)O)C2(C)C)c2csc(N)n2)C(=O)O)O3)n(CCCN)c1=N. The summed E-state index contributed by atoms with van der Waals surface area (Å²) >= 11 is 0.963. The fraction of sp³-hybridized carbons (Fsp3) is 0.448. The average Bonchev–Trinajstić information content (AvgIpc) is 3.61. The summed E-state index contributed by atoms with van der Waals surface area (Å²) in [6.07, 6.45) is 2.08. The first-order chi connectivity index (χ1) is 23.4. The summed E-state index contributed by atoms with van der Waals surface area (Å²) in [5, 5.41) is 26.9. The van der Waals surface area contributed by atoms with Crippen LogP contribution in [0.1, 0.15) is 44.9 Å². The molecule has 50 heavy (non-hydrogen) atoms. The number of β-lactam (4-membered cyclic amide) rings is 1. The fourth-order valence-electron chi connectivity index (χ4n) is 5.66. The number of benzene rings is 1. The number of nitrogens with zero attached hydrogens (tertiary/aromatic N) is 5. The number of aryl methyl sites for hydroxylation is 2. The number of aromatic nitrogens is 3. The highest BCUT2D eigenvalue weighted by Crippen LogP contribution is 2.37. The zero-order chi connectivity index (χ0) is 36.8. The van der Waals surface area contributed by atoms with Gasteiger partial charge in [0.2, 0.25) is 5.62 Å². The molecule has 4 heterocycles. The smallest absolute Gasteiger partial charge is 0.418 e. The number of nitrogen functional groups attached to an aromatic ring is 1. The van der Waals surface area contributed by atoms with Crippen molar-refractivity contribution in [1.29, 1.82) is 5.41 Å². The third-order valence-electron chi connectivity index (χ3n) is 8.55. The number of ether oxygens (including phenoxy) is 1. The van der Waals surface area contributed by atoms with Crippen molar-refractivity contribution in [2.75, 3.05) is 12.3 Å². The highest BCUT2D eigenvalue weighted by Gasteiger charge is 2.58. The molecule has 2 amide bonds. The first-order valence-corrected chi connectivity index (χ1v) is 17.5. The molecule has 270 valence electrons. The number of carboxylic acid groups (broad SMARTS) is 1. The monoisotopic (exact) mass is 735 g/mol. The number of carbonyl (C=O) groups excluding carboxylic acids is 2. The number of fused-ring (bicyclic) bond motifs is 1. The van der Waals surface area contributed by atoms with Crippen molar-refractivity contribution >= 4 is 50.4 Å². The standard InChI is InChI=1S/C29H37N9O10S2/c1-28(2)22(24(40)38(28)48-50(43,44)45)34-23(39)21(17-14-49-26(31)33-17)35-47-29(3,25(41)42)20-9-7-16-12-15(6-8-19(16)46-20)18-13-36(4)27(32)37(18)11-5-10-30/h6,8,12-14,20,22,32H,5,7,9-11,30H2,1-4H3,(H2,31,33)(H,34,39)(H,41,42)(H,43,44,45)/b32-27?,35-21-/t20-,22?,29?/m0/s1. The van der Waals surface area contributed by atoms with Crippen molar-refractivity contribution in [1.82, 2.24) is 24.5 Å². The van der Waals surface area contributed by atoms with Crippen molar-refractivity contribution < 1.29 is 46.3 Å². The lowest BCUT2D eigenvalue weighted by molar-refractivity contribution is -0.218. The van der Waals surface area contributed by atoms with Crippen LogP contribution >= 0.6 is 11.3 Å². The Morgan fingerprint density at radius 2 is 2.06 bits per heavy atom. The van der Waals surface area contributed by atoms with Gasteiger partial charge >= 0.3 is 16.4 Å². The third kappa shape index (κ3) is 6.94. The number of thiazole rings is 1. The first kappa shape index (κ1) is 36.5. The molecule has 0 bridgehead atoms. The van der Waals surface area contributed by atoms with Crippen LogP contribution in [0.5, 0.6) is 5.75 Å². The van der Waals surface area contributed by atoms with Crippen molar-refractivity contribution in [2.45, 2.75) is 69.9 Å². The lowest BCUT2D eigenvalue weighted by Crippen LogP contribution is -2.76. The summed E-state index contributed by atoms with van der Waals surface area (Å²) in [6.45, 7) is 5.03. The zero-order valence-corrected chi connectivity index (χ0v) is 29.1. The van der Waals surface area contributed by atoms with E-state index in [9.17, 15) is 27.9 Å². The van der Waals surface area contributed by atoms with E-state index in [1.165, 1.54) is 26.2 Å². The van der Waals surface area contributed by atoms with E-state index in [0.717, 1.165) is 28.2 Å². The van der Waals surface area contributed by atoms with Gasteiger partial charge in [-0.25, -0.2) is 9.78 Å². The summed E-state index contributed by atoms with van der Waals surface area (Å²) < 4.78 is 45.4. The van der Waals surface area contributed by atoms with Gasteiger partial charge in [0.1, 0.15) is 17.5 Å². The molecular formula is C29H37N9O10S2. The van der Waals surface area contributed by atoms with Crippen LogP contribution in [0.15, 0.2) is 34.9 Å². The van der Waals surface area contributed by atoms with Crippen molar-refractivity contribution in [2.24, 2.45) is 17.9 Å². The van der Waals surface area contributed by atoms with Gasteiger partial charge in [-0.2, -0.15) is 13.5 Å². The number of aliphatic carboxylic acids is 1. The Balaban J connectivity index is 1.38. The maximum Gasteiger partial charge on any atom is 0.418 e. The molecule has 0 spiro atoms. The lowest BCUT2D eigenvalue weighted by atomic mass is 9.84. The molecule has 2 aliphatic rings. The molecule has 8 N–H and O–H groups in total. The minimum absolute atomic E-state index is 0.0558. The van der Waals surface area contributed by atoms with Crippen LogP contribution in [-0.2, 0) is 53.9 Å². The second-order valence-electron chi connectivity index (χ2n) is 12.4. The number of amides is 2. The minimum Gasteiger partial charge on any atom is -0.485 e. The lowest BCUT2D eigenvalue weighted by Gasteiger charge is -2.50. The number of nitrogens with two attached hydrogens (primary N) is 2. The summed E-state index contributed by atoms with van der Waals surface area (Å²) in [7, 11) is -3.25. The third-order valence-corrected chi connectivity index (χ3v) is 9.56. The average molecular weight is 736 g/mol. The largest absolute Gasteiger partial charge is 0.485 e. The van der Waals surface area contributed by atoms with Gasteiger partial charge in [-0.1, -0.05) is 5.16 Å². The van der Waals surface area contributed by atoms with Crippen molar-refractivity contribution in [3.63, 3.8) is 0 Å². The van der Waals surface area contributed by atoms with Gasteiger partial charge in [0.25, 0.3) is 17.4 Å². The minimum atomic E-state index is -5.03. The maximum absolute atomic E-state index is 13.5. The number of nitrogens with one attached hydrogen (secondary N) is 2. The molecule has 1 fully saturated rings. The van der Waals surface area contributed by atoms with E-state index < -0.39 is 57.2 Å². The van der Waals surface area contributed by atoms with E-state index >= 15 is 0 Å². The predicted molar refractivity (Wildman–Crippen MR) is 177 cm³/mol. The molecule has 1 aromatic carbocycles. The van der Waals surface area contributed by atoms with Crippen LogP contribution < -0.4 is 27.1 Å². The highest BCUT2D eigenvalue weighted by molar-refractivity contribution is 7.80. The van der Waals surface area contributed by atoms with E-state index in [4.69, 9.17) is 31.0 Å². The fourth-order valence-corrected chi connectivity index (χ4v) is 6.66. The van der Waals surface area contributed by atoms with Crippen molar-refractivity contribution in [3.05, 3.63) is 46.7 Å². The Hall–Kier alpha value is -4.83. The number of oxime groups is 1. The number of hydrogen-bond donors (Lipinski definition) is 6. The normalized spacial score (nSPS) is 19.9. The summed E-state index contributed by atoms with van der Waals surface area (Å²) in [5.74, 6) is -3.04. The van der Waals surface area contributed by atoms with Gasteiger partial charge in [0, 0.05) is 30.7 Å². The molecule has 3 aromatic rings. The molecule has 21 heteroatoms. The molecule has 19 nitrogen and oxygen atoms in total. The number of rotatable bonds is 13. The van der Waals surface area contributed by atoms with Crippen molar-refractivity contribution in [3.8, 4) is 17.0 Å². The van der Waals surface area contributed by atoms with Crippen LogP contribution in [0.25, 0.3) is 11.3 Å². The van der Waals surface area contributed by atoms with Crippen LogP contribution in [0.3, 0.4) is 0 Å². The highest BCUT2D eigenvalue weighted by atomic mass is 32.3. The zero-order valence-electron chi connectivity index (χ0n) is 27.4. The summed E-state index contributed by atoms with van der Waals surface area (Å²) in [4.78, 5) is 48.5. The number of hydroxylamine groups is 2. The van der Waals surface area contributed by atoms with E-state index in [2.05, 4.69) is 19.7 Å². The molecule has 1 saturated heterocycles. The quantitative estimate of drug-likeness (QED) is 0.0591. The number of carboxylic acids is 1. The topological polar surface area (TPSA) is 280 Å². The van der Waals surface area contributed by atoms with Gasteiger partial charge in [0.15, 0.2) is 16.9 Å². The summed E-state index contributed by atoms with van der Waals surface area (Å²) in [5.41, 5.74) is 10.1. The second-order valence-corrected chi connectivity index (χ2v) is 14.3. The van der Waals surface area contributed by atoms with Crippen LogP contribution in [0.4, 0.5) is 5.13 Å². The Morgan fingerprint density at radius 1 is 1.34 bits per heavy atom. The molecular weight excluding hydrogens is 699 g/mol. The van der Waals surface area contributed by atoms with Gasteiger partial charge in [-0.15, -0.1) is 15.6 Å². The number of anilines is 1. The second kappa shape index (κ2) is 13.5. The molecule has 0 aliphatic carbocycles. The maximum atomic E-state index is 13.5. The molecule has 2 unspecified atom stereocenters. The van der Waals surface area contributed by atoms with Gasteiger partial charge in [-0.05, 0) is 70.3 Å². The van der Waals surface area contributed by atoms with Crippen LogP contribution in [0, 0.1) is 5.41 Å². The Morgan fingerprint density at radius 3 is 2.66 bits per heavy atom. The Bertz CT molecular complexity index is 2040.